The maximum absolute atomic E-state index is 14.2. The number of ether oxygens (including phenoxy) is 6. The maximum atomic E-state index is 14.2. The molecule has 0 bridgehead atoms. The lowest BCUT2D eigenvalue weighted by atomic mass is 10.0. The molecule has 88 heavy (non-hydrogen) atoms. The van der Waals surface area contributed by atoms with Crippen molar-refractivity contribution in [2.24, 2.45) is 10.2 Å². The number of hydrogen-bond donors (Lipinski definition) is 0. The number of esters is 2. The second kappa shape index (κ2) is 38.1. The summed E-state index contributed by atoms with van der Waals surface area (Å²) in [5.74, 6) is 0.320. The minimum Gasteiger partial charge on any atom is -0.494 e. The molecule has 6 aromatic rings. The van der Waals surface area contributed by atoms with Crippen LogP contribution in [0.3, 0.4) is 0 Å². The zero-order valence-electron chi connectivity index (χ0n) is 53.1. The van der Waals surface area contributed by atoms with Crippen LogP contribution in [0.25, 0.3) is 22.3 Å². The lowest BCUT2D eigenvalue weighted by Gasteiger charge is -2.22. The molecule has 2 atom stereocenters. The molecule has 0 spiro atoms. The molecule has 14 heteroatoms. The molecular formula is C74H94N4O10. The molecule has 0 fully saturated rings. The van der Waals surface area contributed by atoms with Crippen molar-refractivity contribution in [3.63, 3.8) is 0 Å². The number of nitrogens with zero attached hydrogens (tertiary/aromatic N) is 4. The summed E-state index contributed by atoms with van der Waals surface area (Å²) in [5.41, 5.74) is 4.36. The van der Waals surface area contributed by atoms with Gasteiger partial charge in [-0.1, -0.05) is 164 Å². The van der Waals surface area contributed by atoms with Crippen LogP contribution >= 0.6 is 0 Å². The fraction of sp³-hybridized carbons (Fsp3) is 0.432. The number of allylic oxidation sites excluding steroid dienone is 2. The van der Waals surface area contributed by atoms with Crippen LogP contribution in [-0.4, -0.2) is 56.4 Å². The van der Waals surface area contributed by atoms with E-state index in [0.29, 0.717) is 43.1 Å². The first-order valence-corrected chi connectivity index (χ1v) is 32.1. The van der Waals surface area contributed by atoms with E-state index in [9.17, 15) is 19.7 Å². The Kier molecular flexibility index (Phi) is 29.8. The lowest BCUT2D eigenvalue weighted by molar-refractivity contribution is -0.385. The predicted octanol–water partition coefficient (Wildman–Crippen LogP) is 21.1. The number of nitro groups is 1. The molecule has 0 aliphatic carbocycles. The fourth-order valence-electron chi connectivity index (χ4n) is 10.1. The molecule has 0 heterocycles. The van der Waals surface area contributed by atoms with Gasteiger partial charge in [-0.2, -0.15) is 0 Å². The Bertz CT molecular complexity index is 3120. The zero-order valence-corrected chi connectivity index (χ0v) is 53.1. The van der Waals surface area contributed by atoms with Crippen LogP contribution in [0.5, 0.6) is 34.5 Å². The summed E-state index contributed by atoms with van der Waals surface area (Å²) in [6.45, 7) is 17.2. The molecule has 0 aromatic heterocycles. The van der Waals surface area contributed by atoms with E-state index in [1.165, 1.54) is 76.3 Å². The van der Waals surface area contributed by atoms with Gasteiger partial charge in [0.15, 0.2) is 11.5 Å². The van der Waals surface area contributed by atoms with Crippen molar-refractivity contribution in [2.75, 3.05) is 32.2 Å². The van der Waals surface area contributed by atoms with Gasteiger partial charge in [-0.05, 0) is 136 Å². The van der Waals surface area contributed by atoms with Crippen LogP contribution in [0, 0.1) is 10.1 Å². The Balaban J connectivity index is 1.24. The maximum Gasteiger partial charge on any atom is 0.343 e. The van der Waals surface area contributed by atoms with E-state index in [4.69, 9.17) is 28.4 Å². The Morgan fingerprint density at radius 3 is 1.39 bits per heavy atom. The first kappa shape index (κ1) is 68.8. The van der Waals surface area contributed by atoms with Gasteiger partial charge in [-0.15, -0.1) is 23.4 Å². The van der Waals surface area contributed by atoms with Crippen molar-refractivity contribution in [1.29, 1.82) is 0 Å². The molecule has 0 aliphatic heterocycles. The third-order valence-corrected chi connectivity index (χ3v) is 15.3. The molecule has 0 saturated heterocycles. The zero-order chi connectivity index (χ0) is 62.9. The van der Waals surface area contributed by atoms with Crippen LogP contribution in [0.1, 0.15) is 190 Å². The first-order valence-electron chi connectivity index (χ1n) is 32.1. The van der Waals surface area contributed by atoms with Gasteiger partial charge in [0, 0.05) is 32.3 Å². The summed E-state index contributed by atoms with van der Waals surface area (Å²) in [6, 6.07) is 35.5. The summed E-state index contributed by atoms with van der Waals surface area (Å²) in [7, 11) is 3.70. The highest BCUT2D eigenvalue weighted by atomic mass is 16.6. The molecule has 0 saturated carbocycles. The predicted molar refractivity (Wildman–Crippen MR) is 356 cm³/mol. The van der Waals surface area contributed by atoms with E-state index in [1.807, 2.05) is 106 Å². The standard InChI is InChI=1S/C74H94N4O10/c1-9-13-17-20-22-24-26-29-49-83-63-45-41-59(42-46-63)57-33-37-61(38-34-57)73(79)87-70-53-67(77(7)8)71(86-55(5)31-16-12-4)51-66(70)76-75-65-52-72(68(78(81)82)54-69(65)85-56(6)32-28-19-15-11-3)88-74(80)62-39-35-58(36-40-62)60-43-47-64(48-44-60)84-50-30-27-25-23-21-18-14-10-2/h9,12,33-48,51-56H,1,4,10-11,13-32,49-50H2,2-3,5-8H3/t55-,56-/m0/s1. The molecule has 0 unspecified atom stereocenters. The van der Waals surface area contributed by atoms with Crippen LogP contribution < -0.4 is 33.3 Å². The first-order chi connectivity index (χ1) is 42.8. The second-order valence-corrected chi connectivity index (χ2v) is 22.9. The SMILES string of the molecule is C=CCCCCCCCCOc1ccc(-c2ccc(C(=O)Oc3cc(N(C)C)c(O[C@@H](C)CCC=C)cc3N=Nc3cc(OC(=O)c4ccc(-c5ccc(OCCCCCCCCCC)cc5)cc4)c([N+](=O)[O-])cc3O[C@@H](C)CCCCCC)cc2)cc1. The quantitative estimate of drug-likeness (QED) is 0.00682. The summed E-state index contributed by atoms with van der Waals surface area (Å²) in [5, 5.41) is 22.1. The second-order valence-electron chi connectivity index (χ2n) is 22.9. The monoisotopic (exact) mass is 1200 g/mol. The van der Waals surface area contributed by atoms with Crippen molar-refractivity contribution in [2.45, 2.75) is 181 Å². The summed E-state index contributed by atoms with van der Waals surface area (Å²) in [4.78, 5) is 42.1. The summed E-state index contributed by atoms with van der Waals surface area (Å²) < 4.78 is 37.0. The van der Waals surface area contributed by atoms with Gasteiger partial charge in [-0.3, -0.25) is 10.1 Å². The molecule has 0 amide bonds. The number of unbranched alkanes of at least 4 members (excludes halogenated alkanes) is 16. The smallest absolute Gasteiger partial charge is 0.343 e. The molecule has 14 nitrogen and oxygen atoms in total. The number of hydrogen-bond acceptors (Lipinski definition) is 13. The van der Waals surface area contributed by atoms with Gasteiger partial charge in [0.05, 0.1) is 53.2 Å². The molecule has 470 valence electrons. The summed E-state index contributed by atoms with van der Waals surface area (Å²) in [6.07, 6.45) is 27.2. The van der Waals surface area contributed by atoms with Gasteiger partial charge in [0.1, 0.15) is 28.6 Å². The largest absolute Gasteiger partial charge is 0.494 e. The van der Waals surface area contributed by atoms with E-state index in [-0.39, 0.29) is 46.4 Å². The topological polar surface area (TPSA) is 161 Å². The van der Waals surface area contributed by atoms with Gasteiger partial charge < -0.3 is 33.3 Å². The Morgan fingerprint density at radius 2 is 0.909 bits per heavy atom. The number of benzene rings is 6. The summed E-state index contributed by atoms with van der Waals surface area (Å²) >= 11 is 0. The van der Waals surface area contributed by atoms with E-state index in [2.05, 4.69) is 37.2 Å². The number of nitro benzene ring substituents is 1. The molecule has 0 aliphatic rings. The highest BCUT2D eigenvalue weighted by Gasteiger charge is 2.26. The van der Waals surface area contributed by atoms with Crippen LogP contribution in [-0.2, 0) is 0 Å². The van der Waals surface area contributed by atoms with Crippen molar-refractivity contribution >= 4 is 34.7 Å². The van der Waals surface area contributed by atoms with Gasteiger partial charge in [-0.25, -0.2) is 9.59 Å². The molecule has 6 rings (SSSR count). The average Bonchev–Trinajstić information content (AvgIpc) is 3.69. The molecule has 6 aromatic carbocycles. The van der Waals surface area contributed by atoms with Crippen LogP contribution in [0.15, 0.2) is 157 Å². The molecule has 0 N–H and O–H groups in total. The lowest BCUT2D eigenvalue weighted by Crippen LogP contribution is -2.16. The van der Waals surface area contributed by atoms with Crippen LogP contribution in [0.4, 0.5) is 22.7 Å². The number of anilines is 1. The Hall–Kier alpha value is -8.26. The van der Waals surface area contributed by atoms with Crippen molar-refractivity contribution < 1.29 is 42.9 Å². The fourth-order valence-corrected chi connectivity index (χ4v) is 10.1. The number of rotatable bonds is 42. The van der Waals surface area contributed by atoms with Gasteiger partial charge in [0.2, 0.25) is 5.75 Å². The van der Waals surface area contributed by atoms with E-state index in [0.717, 1.165) is 98.0 Å². The third kappa shape index (κ3) is 23.1. The molecule has 0 radical (unpaired) electrons. The van der Waals surface area contributed by atoms with Crippen molar-refractivity contribution in [3.05, 3.63) is 168 Å². The van der Waals surface area contributed by atoms with E-state index in [1.54, 1.807) is 48.5 Å². The number of carbonyl (C=O) groups is 2. The Labute approximate surface area is 523 Å². The van der Waals surface area contributed by atoms with E-state index >= 15 is 0 Å². The minimum absolute atomic E-state index is 0.0291. The van der Waals surface area contributed by atoms with Gasteiger partial charge in [0.25, 0.3) is 0 Å². The molecular weight excluding hydrogens is 1100 g/mol. The highest BCUT2D eigenvalue weighted by Crippen LogP contribution is 2.45. The van der Waals surface area contributed by atoms with Crippen molar-refractivity contribution in [3.8, 4) is 56.8 Å². The normalized spacial score (nSPS) is 11.8. The average molecular weight is 1200 g/mol. The van der Waals surface area contributed by atoms with E-state index < -0.39 is 22.5 Å². The van der Waals surface area contributed by atoms with Crippen LogP contribution in [0.2, 0.25) is 0 Å². The number of carbonyl (C=O) groups excluding carboxylic acids is 2. The highest BCUT2D eigenvalue weighted by molar-refractivity contribution is 5.93. The minimum atomic E-state index is -0.820. The van der Waals surface area contributed by atoms with Crippen molar-refractivity contribution in [1.82, 2.24) is 0 Å². The third-order valence-electron chi connectivity index (χ3n) is 15.3. The van der Waals surface area contributed by atoms with Gasteiger partial charge >= 0.3 is 17.6 Å². The number of azo groups is 1. The Morgan fingerprint density at radius 1 is 0.500 bits per heavy atom.